The van der Waals surface area contributed by atoms with Gasteiger partial charge in [-0.25, -0.2) is 19.0 Å². The molecule has 0 spiro atoms. The Morgan fingerprint density at radius 2 is 1.95 bits per heavy atom. The first-order valence-corrected chi connectivity index (χ1v) is 14.0. The van der Waals surface area contributed by atoms with Crippen LogP contribution in [0.25, 0.3) is 0 Å². The number of carbonyl (C=O) groups is 5. The van der Waals surface area contributed by atoms with Crippen molar-refractivity contribution >= 4 is 63.6 Å². The van der Waals surface area contributed by atoms with Crippen molar-refractivity contribution < 1.29 is 53.6 Å². The second-order valence-electron chi connectivity index (χ2n) is 9.54. The van der Waals surface area contributed by atoms with Gasteiger partial charge in [-0.1, -0.05) is 5.16 Å². The molecule has 1 fully saturated rings. The van der Waals surface area contributed by atoms with E-state index in [0.717, 1.165) is 28.0 Å². The number of hydrogen-bond acceptors (Lipinski definition) is 13. The summed E-state index contributed by atoms with van der Waals surface area (Å²) >= 11 is 2.04. The average Bonchev–Trinajstić information content (AvgIpc) is 3.37. The number of carboxylic acids is 2. The maximum Gasteiger partial charge on any atom is 0.352 e. The van der Waals surface area contributed by atoms with Crippen molar-refractivity contribution in [3.8, 4) is 11.5 Å². The number of aliphatic carboxylic acids is 2. The van der Waals surface area contributed by atoms with Gasteiger partial charge in [0.15, 0.2) is 22.3 Å². The number of nitrogens with zero attached hydrogens (tertiary/aromatic N) is 3. The smallest absolute Gasteiger partial charge is 0.352 e. The van der Waals surface area contributed by atoms with Crippen LogP contribution in [-0.2, 0) is 24.0 Å². The summed E-state index contributed by atoms with van der Waals surface area (Å²) in [5, 5.41) is 47.6. The Labute approximate surface area is 249 Å². The van der Waals surface area contributed by atoms with Gasteiger partial charge < -0.3 is 41.6 Å². The molecule has 2 aromatic rings. The number of carbonyl (C=O) groups excluding carboxylic acids is 3. The van der Waals surface area contributed by atoms with Gasteiger partial charge in [0.1, 0.15) is 28.6 Å². The minimum Gasteiger partial charge on any atom is -0.504 e. The first-order chi connectivity index (χ1) is 20.1. The highest BCUT2D eigenvalue weighted by Crippen LogP contribution is 2.40. The van der Waals surface area contributed by atoms with Gasteiger partial charge in [0.05, 0.1) is 5.56 Å². The molecule has 3 heterocycles. The van der Waals surface area contributed by atoms with Crippen LogP contribution in [0, 0.1) is 5.82 Å². The van der Waals surface area contributed by atoms with Gasteiger partial charge in [0.25, 0.3) is 17.7 Å². The molecule has 1 aromatic heterocycles. The van der Waals surface area contributed by atoms with Crippen molar-refractivity contribution in [2.75, 3.05) is 18.0 Å². The number of aromatic nitrogens is 1. The summed E-state index contributed by atoms with van der Waals surface area (Å²) < 4.78 is 13.6. The molecule has 0 aliphatic carbocycles. The van der Waals surface area contributed by atoms with Crippen LogP contribution in [-0.4, -0.2) is 95.0 Å². The van der Waals surface area contributed by atoms with Crippen molar-refractivity contribution in [3.63, 3.8) is 0 Å². The Morgan fingerprint density at radius 1 is 1.26 bits per heavy atom. The lowest BCUT2D eigenvalue weighted by atomic mass is 10.0. The normalized spacial score (nSPS) is 18.4. The quantitative estimate of drug-likeness (QED) is 0.0786. The lowest BCUT2D eigenvalue weighted by Crippen LogP contribution is -2.71. The van der Waals surface area contributed by atoms with E-state index in [2.05, 4.69) is 20.8 Å². The number of nitrogens with two attached hydrogens (primary N) is 1. The lowest BCUT2D eigenvalue weighted by Gasteiger charge is -2.49. The van der Waals surface area contributed by atoms with Gasteiger partial charge in [-0.3, -0.25) is 19.3 Å². The van der Waals surface area contributed by atoms with E-state index in [0.29, 0.717) is 12.1 Å². The second kappa shape index (κ2) is 11.8. The summed E-state index contributed by atoms with van der Waals surface area (Å²) in [5.41, 5.74) is 2.36. The summed E-state index contributed by atoms with van der Waals surface area (Å²) in [6.45, 7) is 1.98. The number of thiazole rings is 1. The van der Waals surface area contributed by atoms with Crippen LogP contribution in [0.5, 0.6) is 11.5 Å². The van der Waals surface area contributed by atoms with Gasteiger partial charge in [-0.05, 0) is 25.5 Å². The number of nitrogen functional groups attached to an aromatic ring is 1. The number of hydrogen-bond donors (Lipinski definition) is 7. The highest BCUT2D eigenvalue weighted by Gasteiger charge is 2.54. The second-order valence-corrected chi connectivity index (χ2v) is 11.5. The fourth-order valence-electron chi connectivity index (χ4n) is 3.87. The standard InChI is InChI=1S/C24H23FN6O10S2/c1-24(2,22(39)40)41-30-13(11-7-43-23(26)28-11)18(35)29-14-19(36)31-15(21(37)38)8(6-42-20(14)31)5-27-17(34)10-3-9(25)4-12(32)16(10)33/h3-4,7,14,20,32-33H,5-6H2,1-2H3,(H2,26,28)(H,27,34)(H,29,35)(H,37,38)(H,39,40)/b30-13-/t14?,20-/m0/s1. The number of oxime groups is 1. The monoisotopic (exact) mass is 638 g/mol. The summed E-state index contributed by atoms with van der Waals surface area (Å²) in [6, 6.07) is 0.0639. The molecule has 2 aliphatic heterocycles. The van der Waals surface area contributed by atoms with Crippen LogP contribution in [0.2, 0.25) is 0 Å². The Hall–Kier alpha value is -4.91. The zero-order valence-electron chi connectivity index (χ0n) is 22.2. The number of anilines is 1. The number of amides is 3. The molecular formula is C24H23FN6O10S2. The van der Waals surface area contributed by atoms with E-state index in [1.54, 1.807) is 0 Å². The molecule has 1 unspecified atom stereocenters. The predicted molar refractivity (Wildman–Crippen MR) is 148 cm³/mol. The minimum atomic E-state index is -1.82. The van der Waals surface area contributed by atoms with Crippen molar-refractivity contribution in [1.82, 2.24) is 20.5 Å². The molecule has 4 rings (SSSR count). The number of phenols is 2. The SMILES string of the molecule is CC(C)(O/N=C(\C(=O)NC1C(=O)N2C(C(=O)O)=C(CNC(=O)c3cc(F)cc(O)c3O)CS[C@@H]12)c1csc(N)n1)C(=O)O. The lowest BCUT2D eigenvalue weighted by molar-refractivity contribution is -0.161. The van der Waals surface area contributed by atoms with Gasteiger partial charge in [-0.2, -0.15) is 0 Å². The predicted octanol–water partition coefficient (Wildman–Crippen LogP) is 0.0281. The minimum absolute atomic E-state index is 0.0113. The van der Waals surface area contributed by atoms with E-state index in [4.69, 9.17) is 10.6 Å². The number of aromatic hydroxyl groups is 2. The van der Waals surface area contributed by atoms with E-state index < -0.39 is 87.5 Å². The summed E-state index contributed by atoms with van der Waals surface area (Å²) in [7, 11) is 0. The molecule has 3 amide bonds. The molecule has 8 N–H and O–H groups in total. The molecule has 228 valence electrons. The number of rotatable bonds is 10. The largest absolute Gasteiger partial charge is 0.504 e. The number of fused-ring (bicyclic) bond motifs is 1. The van der Waals surface area contributed by atoms with Crippen LogP contribution < -0.4 is 16.4 Å². The number of halogens is 1. The van der Waals surface area contributed by atoms with Crippen LogP contribution in [0.15, 0.2) is 33.9 Å². The number of carboxylic acid groups (broad SMARTS) is 2. The number of benzene rings is 1. The zero-order valence-corrected chi connectivity index (χ0v) is 23.8. The molecule has 0 bridgehead atoms. The van der Waals surface area contributed by atoms with E-state index in [-0.39, 0.29) is 22.2 Å². The van der Waals surface area contributed by atoms with Gasteiger partial charge in [0.2, 0.25) is 5.60 Å². The number of thioether (sulfide) groups is 1. The molecule has 19 heteroatoms. The third-order valence-electron chi connectivity index (χ3n) is 6.16. The van der Waals surface area contributed by atoms with Crippen LogP contribution in [0.3, 0.4) is 0 Å². The van der Waals surface area contributed by atoms with Gasteiger partial charge >= 0.3 is 11.9 Å². The van der Waals surface area contributed by atoms with Gasteiger partial charge in [0, 0.05) is 23.7 Å². The third-order valence-corrected chi connectivity index (χ3v) is 8.17. The maximum absolute atomic E-state index is 13.6. The Morgan fingerprint density at radius 3 is 2.56 bits per heavy atom. The Balaban J connectivity index is 1.51. The molecule has 2 aliphatic rings. The highest BCUT2D eigenvalue weighted by molar-refractivity contribution is 8.00. The molecule has 2 atom stereocenters. The van der Waals surface area contributed by atoms with Crippen LogP contribution in [0.1, 0.15) is 29.9 Å². The van der Waals surface area contributed by atoms with E-state index in [9.17, 15) is 48.8 Å². The molecule has 0 radical (unpaired) electrons. The fraction of sp³-hybridized carbons (Fsp3) is 0.292. The Kier molecular flexibility index (Phi) is 8.49. The molecule has 1 saturated heterocycles. The Bertz CT molecular complexity index is 1610. The zero-order chi connectivity index (χ0) is 31.8. The topological polar surface area (TPSA) is 254 Å². The number of phenolic OH excluding ortho intramolecular Hbond substituents is 2. The van der Waals surface area contributed by atoms with Crippen molar-refractivity contribution in [2.24, 2.45) is 5.16 Å². The number of β-lactam (4-membered cyclic amide) rings is 1. The first-order valence-electron chi connectivity index (χ1n) is 12.0. The number of nitrogens with one attached hydrogen (secondary N) is 2. The van der Waals surface area contributed by atoms with Crippen molar-refractivity contribution in [3.05, 3.63) is 45.9 Å². The molecule has 0 saturated carbocycles. The highest BCUT2D eigenvalue weighted by atomic mass is 32.2. The van der Waals surface area contributed by atoms with E-state index in [1.165, 1.54) is 19.2 Å². The average molecular weight is 639 g/mol. The molecular weight excluding hydrogens is 615 g/mol. The van der Waals surface area contributed by atoms with E-state index >= 15 is 0 Å². The third kappa shape index (κ3) is 6.16. The van der Waals surface area contributed by atoms with Crippen molar-refractivity contribution in [2.45, 2.75) is 30.9 Å². The molecule has 1 aromatic carbocycles. The molecule has 16 nitrogen and oxygen atoms in total. The maximum atomic E-state index is 13.6. The van der Waals surface area contributed by atoms with Crippen molar-refractivity contribution in [1.29, 1.82) is 0 Å². The summed E-state index contributed by atoms with van der Waals surface area (Å²) in [5.74, 6) is -8.40. The fourth-order valence-corrected chi connectivity index (χ4v) is 5.76. The van der Waals surface area contributed by atoms with Crippen LogP contribution >= 0.6 is 23.1 Å². The summed E-state index contributed by atoms with van der Waals surface area (Å²) in [6.07, 6.45) is 0. The summed E-state index contributed by atoms with van der Waals surface area (Å²) in [4.78, 5) is 72.2. The van der Waals surface area contributed by atoms with Gasteiger partial charge in [-0.15, -0.1) is 23.1 Å². The first kappa shape index (κ1) is 31.0. The van der Waals surface area contributed by atoms with Crippen LogP contribution in [0.4, 0.5) is 9.52 Å². The van der Waals surface area contributed by atoms with E-state index in [1.807, 2.05) is 0 Å². The molecule has 43 heavy (non-hydrogen) atoms.